The van der Waals surface area contributed by atoms with Crippen LogP contribution in [0, 0.1) is 0 Å². The van der Waals surface area contributed by atoms with E-state index in [1.807, 2.05) is 12.1 Å². The van der Waals surface area contributed by atoms with Crippen molar-refractivity contribution in [2.24, 2.45) is 0 Å². The van der Waals surface area contributed by atoms with Crippen molar-refractivity contribution in [3.05, 3.63) is 34.9 Å². The van der Waals surface area contributed by atoms with Gasteiger partial charge in [-0.15, -0.1) is 12.4 Å². The lowest BCUT2D eigenvalue weighted by atomic mass is 10.0. The van der Waals surface area contributed by atoms with Crippen molar-refractivity contribution in [1.82, 2.24) is 15.1 Å². The summed E-state index contributed by atoms with van der Waals surface area (Å²) in [7, 11) is 4.26. The Morgan fingerprint density at radius 1 is 1.21 bits per heavy atom. The van der Waals surface area contributed by atoms with Gasteiger partial charge in [0.05, 0.1) is 0 Å². The summed E-state index contributed by atoms with van der Waals surface area (Å²) < 4.78 is 0. The van der Waals surface area contributed by atoms with E-state index >= 15 is 0 Å². The maximum Gasteiger partial charge on any atom is 0.0476 e. The van der Waals surface area contributed by atoms with Crippen molar-refractivity contribution < 1.29 is 0 Å². The van der Waals surface area contributed by atoms with E-state index < -0.39 is 0 Å². The molecular weight excluding hydrogens is 281 g/mol. The minimum atomic E-state index is 0. The molecule has 0 aliphatic carbocycles. The van der Waals surface area contributed by atoms with E-state index in [2.05, 4.69) is 41.3 Å². The Balaban J connectivity index is 0.00000180. The van der Waals surface area contributed by atoms with Crippen molar-refractivity contribution in [3.8, 4) is 0 Å². The quantitative estimate of drug-likeness (QED) is 0.920. The molecule has 2 rings (SSSR count). The third kappa shape index (κ3) is 4.93. The highest BCUT2D eigenvalue weighted by atomic mass is 35.5. The van der Waals surface area contributed by atoms with E-state index in [9.17, 15) is 0 Å². The van der Waals surface area contributed by atoms with Crippen molar-refractivity contribution in [2.45, 2.75) is 6.04 Å². The Kier molecular flexibility index (Phi) is 7.11. The van der Waals surface area contributed by atoms with Gasteiger partial charge in [-0.3, -0.25) is 4.90 Å². The topological polar surface area (TPSA) is 18.5 Å². The highest BCUT2D eigenvalue weighted by molar-refractivity contribution is 6.30. The zero-order valence-corrected chi connectivity index (χ0v) is 13.2. The summed E-state index contributed by atoms with van der Waals surface area (Å²) in [5, 5.41) is 4.22. The van der Waals surface area contributed by atoms with E-state index in [1.165, 1.54) is 5.56 Å². The molecule has 1 N–H and O–H groups in total. The van der Waals surface area contributed by atoms with Gasteiger partial charge < -0.3 is 10.2 Å². The highest BCUT2D eigenvalue weighted by Crippen LogP contribution is 2.23. The van der Waals surface area contributed by atoms with Gasteiger partial charge in [-0.1, -0.05) is 23.7 Å². The van der Waals surface area contributed by atoms with Crippen LogP contribution in [0.4, 0.5) is 0 Å². The highest BCUT2D eigenvalue weighted by Gasteiger charge is 2.22. The molecule has 1 atom stereocenters. The van der Waals surface area contributed by atoms with Gasteiger partial charge in [-0.2, -0.15) is 0 Å². The number of likely N-dealkylation sites (N-methyl/N-ethyl adjacent to an activating group) is 1. The molecule has 108 valence electrons. The van der Waals surface area contributed by atoms with E-state index in [4.69, 9.17) is 11.6 Å². The fourth-order valence-corrected chi connectivity index (χ4v) is 2.58. The first-order chi connectivity index (χ1) is 8.66. The molecule has 0 amide bonds. The summed E-state index contributed by atoms with van der Waals surface area (Å²) in [5.41, 5.74) is 1.36. The van der Waals surface area contributed by atoms with Crippen molar-refractivity contribution in [2.75, 3.05) is 46.8 Å². The number of nitrogens with one attached hydrogen (secondary N) is 1. The molecule has 0 saturated carbocycles. The first-order valence-electron chi connectivity index (χ1n) is 6.52. The van der Waals surface area contributed by atoms with Crippen LogP contribution in [0.3, 0.4) is 0 Å². The minimum Gasteiger partial charge on any atom is -0.314 e. The maximum absolute atomic E-state index is 5.97. The fourth-order valence-electron chi connectivity index (χ4n) is 2.46. The summed E-state index contributed by atoms with van der Waals surface area (Å²) in [6.45, 7) is 5.43. The zero-order valence-electron chi connectivity index (χ0n) is 11.6. The van der Waals surface area contributed by atoms with Gasteiger partial charge in [0.2, 0.25) is 0 Å². The van der Waals surface area contributed by atoms with Gasteiger partial charge >= 0.3 is 0 Å². The molecule has 1 aromatic carbocycles. The number of rotatable bonds is 4. The number of piperazine rings is 1. The van der Waals surface area contributed by atoms with E-state index in [-0.39, 0.29) is 12.4 Å². The molecule has 3 nitrogen and oxygen atoms in total. The number of hydrogen-bond donors (Lipinski definition) is 1. The molecule has 1 unspecified atom stereocenters. The van der Waals surface area contributed by atoms with Gasteiger partial charge in [0, 0.05) is 43.8 Å². The van der Waals surface area contributed by atoms with E-state index in [0.717, 1.165) is 37.7 Å². The van der Waals surface area contributed by atoms with Crippen LogP contribution in [0.25, 0.3) is 0 Å². The van der Waals surface area contributed by atoms with Crippen molar-refractivity contribution >= 4 is 24.0 Å². The molecule has 1 aromatic rings. The lowest BCUT2D eigenvalue weighted by molar-refractivity contribution is 0.145. The Morgan fingerprint density at radius 3 is 2.32 bits per heavy atom. The van der Waals surface area contributed by atoms with Crippen LogP contribution < -0.4 is 5.32 Å². The number of halogens is 2. The predicted molar refractivity (Wildman–Crippen MR) is 84.4 cm³/mol. The molecule has 19 heavy (non-hydrogen) atoms. The van der Waals surface area contributed by atoms with Crippen LogP contribution in [0.15, 0.2) is 24.3 Å². The number of nitrogens with zero attached hydrogens (tertiary/aromatic N) is 2. The lowest BCUT2D eigenvalue weighted by Gasteiger charge is -2.36. The van der Waals surface area contributed by atoms with Crippen LogP contribution >= 0.6 is 24.0 Å². The number of hydrogen-bond acceptors (Lipinski definition) is 3. The standard InChI is InChI=1S/C14H22ClN3.ClH/c1-17(2)11-14(18-9-7-16-8-10-18)12-3-5-13(15)6-4-12;/h3-6,14,16H,7-11H2,1-2H3;1H. The van der Waals surface area contributed by atoms with Crippen molar-refractivity contribution in [1.29, 1.82) is 0 Å². The van der Waals surface area contributed by atoms with Gasteiger partial charge in [0.1, 0.15) is 0 Å². The van der Waals surface area contributed by atoms with Gasteiger partial charge in [0.25, 0.3) is 0 Å². The second kappa shape index (κ2) is 8.08. The molecule has 1 aliphatic heterocycles. The fraction of sp³-hybridized carbons (Fsp3) is 0.571. The molecule has 1 heterocycles. The van der Waals surface area contributed by atoms with Crippen molar-refractivity contribution in [3.63, 3.8) is 0 Å². The van der Waals surface area contributed by atoms with E-state index in [0.29, 0.717) is 6.04 Å². The molecule has 1 fully saturated rings. The van der Waals surface area contributed by atoms with Crippen LogP contribution in [0.1, 0.15) is 11.6 Å². The summed E-state index contributed by atoms with van der Waals surface area (Å²) >= 11 is 5.97. The monoisotopic (exact) mass is 303 g/mol. The summed E-state index contributed by atoms with van der Waals surface area (Å²) in [6.07, 6.45) is 0. The molecule has 0 radical (unpaired) electrons. The van der Waals surface area contributed by atoms with Crippen LogP contribution in [0.2, 0.25) is 5.02 Å². The normalized spacial score (nSPS) is 18.1. The third-order valence-corrected chi connectivity index (χ3v) is 3.64. The summed E-state index contributed by atoms with van der Waals surface area (Å²) in [6, 6.07) is 8.74. The summed E-state index contributed by atoms with van der Waals surface area (Å²) in [5.74, 6) is 0. The molecule has 0 bridgehead atoms. The van der Waals surface area contributed by atoms with Crippen LogP contribution in [0.5, 0.6) is 0 Å². The first kappa shape index (κ1) is 16.7. The molecule has 5 heteroatoms. The summed E-state index contributed by atoms with van der Waals surface area (Å²) in [4.78, 5) is 4.81. The average Bonchev–Trinajstić information content (AvgIpc) is 2.38. The molecule has 0 spiro atoms. The first-order valence-corrected chi connectivity index (χ1v) is 6.89. The second-order valence-corrected chi connectivity index (χ2v) is 5.55. The Hall–Kier alpha value is -0.320. The third-order valence-electron chi connectivity index (χ3n) is 3.39. The Labute approximate surface area is 127 Å². The van der Waals surface area contributed by atoms with E-state index in [1.54, 1.807) is 0 Å². The van der Waals surface area contributed by atoms with Crippen LogP contribution in [-0.2, 0) is 0 Å². The largest absolute Gasteiger partial charge is 0.314 e. The smallest absolute Gasteiger partial charge is 0.0476 e. The van der Waals surface area contributed by atoms with Gasteiger partial charge in [-0.25, -0.2) is 0 Å². The average molecular weight is 304 g/mol. The Morgan fingerprint density at radius 2 is 1.79 bits per heavy atom. The second-order valence-electron chi connectivity index (χ2n) is 5.12. The van der Waals surface area contributed by atoms with Crippen LogP contribution in [-0.4, -0.2) is 56.6 Å². The minimum absolute atomic E-state index is 0. The molecule has 0 aromatic heterocycles. The zero-order chi connectivity index (χ0) is 13.0. The lowest BCUT2D eigenvalue weighted by Crippen LogP contribution is -2.47. The van der Waals surface area contributed by atoms with Gasteiger partial charge in [0.15, 0.2) is 0 Å². The maximum atomic E-state index is 5.97. The number of benzene rings is 1. The molecule has 1 aliphatic rings. The molecular formula is C14H23Cl2N3. The predicted octanol–water partition coefficient (Wildman–Crippen LogP) is 2.27. The Bertz CT molecular complexity index is 361. The van der Waals surface area contributed by atoms with Gasteiger partial charge in [-0.05, 0) is 31.8 Å². The SMILES string of the molecule is CN(C)CC(c1ccc(Cl)cc1)N1CCNCC1.Cl. The molecule has 1 saturated heterocycles.